The van der Waals surface area contributed by atoms with E-state index >= 15 is 0 Å². The highest BCUT2D eigenvalue weighted by atomic mass is 16.5. The predicted octanol–water partition coefficient (Wildman–Crippen LogP) is 0.706. The van der Waals surface area contributed by atoms with Crippen LogP contribution in [0.25, 0.3) is 0 Å². The van der Waals surface area contributed by atoms with Crippen molar-refractivity contribution in [2.75, 3.05) is 26.8 Å². The molecule has 0 saturated heterocycles. The summed E-state index contributed by atoms with van der Waals surface area (Å²) in [7, 11) is 1.72. The first-order valence-electron chi connectivity index (χ1n) is 7.77. The molecule has 0 radical (unpaired) electrons. The lowest BCUT2D eigenvalue weighted by Gasteiger charge is -2.14. The number of hydrogen-bond donors (Lipinski definition) is 2. The van der Waals surface area contributed by atoms with Crippen molar-refractivity contribution in [2.24, 2.45) is 4.99 Å². The highest BCUT2D eigenvalue weighted by Crippen LogP contribution is 2.14. The quantitative estimate of drug-likeness (QED) is 0.440. The Balaban J connectivity index is 1.90. The lowest BCUT2D eigenvalue weighted by molar-refractivity contribution is 0.195. The molecule has 7 heteroatoms. The van der Waals surface area contributed by atoms with Crippen LogP contribution in [0.4, 0.5) is 0 Å². The molecule has 0 unspecified atom stereocenters. The van der Waals surface area contributed by atoms with Crippen molar-refractivity contribution in [3.05, 3.63) is 11.6 Å². The van der Waals surface area contributed by atoms with E-state index in [9.17, 15) is 0 Å². The van der Waals surface area contributed by atoms with Crippen LogP contribution < -0.4 is 10.6 Å². The maximum absolute atomic E-state index is 5.04. The minimum absolute atomic E-state index is 0.562. The smallest absolute Gasteiger partial charge is 0.191 e. The molecule has 0 aromatic carbocycles. The number of rotatable bonds is 7. The predicted molar refractivity (Wildman–Crippen MR) is 82.3 cm³/mol. The molecule has 0 amide bonds. The fourth-order valence-corrected chi connectivity index (χ4v) is 2.40. The van der Waals surface area contributed by atoms with Crippen LogP contribution in [0.2, 0.25) is 0 Å². The van der Waals surface area contributed by atoms with E-state index in [2.05, 4.69) is 37.3 Å². The van der Waals surface area contributed by atoms with Gasteiger partial charge in [-0.25, -0.2) is 4.99 Å². The molecule has 1 aromatic heterocycles. The molecule has 0 spiro atoms. The van der Waals surface area contributed by atoms with Crippen molar-refractivity contribution >= 4 is 5.96 Å². The summed E-state index contributed by atoms with van der Waals surface area (Å²) in [5.74, 6) is 2.88. The first-order chi connectivity index (χ1) is 10.3. The molecule has 0 aliphatic carbocycles. The van der Waals surface area contributed by atoms with Crippen molar-refractivity contribution in [1.29, 1.82) is 0 Å². The van der Waals surface area contributed by atoms with Crippen LogP contribution in [0, 0.1) is 0 Å². The maximum Gasteiger partial charge on any atom is 0.191 e. The number of aryl methyl sites for hydroxylation is 1. The Labute approximate surface area is 126 Å². The number of nitrogens with zero attached hydrogens (tertiary/aromatic N) is 4. The number of aliphatic imine (C=N–C) groups is 1. The topological polar surface area (TPSA) is 76.4 Å². The van der Waals surface area contributed by atoms with Gasteiger partial charge in [0.1, 0.15) is 12.4 Å². The van der Waals surface area contributed by atoms with E-state index in [1.807, 2.05) is 0 Å². The zero-order chi connectivity index (χ0) is 14.9. The molecule has 0 atom stereocenters. The van der Waals surface area contributed by atoms with Gasteiger partial charge in [-0.1, -0.05) is 0 Å². The third-order valence-electron chi connectivity index (χ3n) is 3.48. The van der Waals surface area contributed by atoms with E-state index in [0.717, 1.165) is 56.7 Å². The fraction of sp³-hybridized carbons (Fsp3) is 0.786. The van der Waals surface area contributed by atoms with Gasteiger partial charge in [-0.15, -0.1) is 10.2 Å². The van der Waals surface area contributed by atoms with Gasteiger partial charge in [0.25, 0.3) is 0 Å². The average Bonchev–Trinajstić information content (AvgIpc) is 2.92. The fourth-order valence-electron chi connectivity index (χ4n) is 2.40. The molecule has 1 aliphatic heterocycles. The molecular formula is C14H26N6O. The molecule has 21 heavy (non-hydrogen) atoms. The Morgan fingerprint density at radius 1 is 1.33 bits per heavy atom. The summed E-state index contributed by atoms with van der Waals surface area (Å²) in [6.45, 7) is 6.08. The largest absolute Gasteiger partial charge is 0.385 e. The summed E-state index contributed by atoms with van der Waals surface area (Å²) < 4.78 is 7.25. The number of nitrogens with one attached hydrogen (secondary N) is 2. The van der Waals surface area contributed by atoms with E-state index < -0.39 is 0 Å². The molecular weight excluding hydrogens is 268 g/mol. The van der Waals surface area contributed by atoms with Gasteiger partial charge in [0, 0.05) is 39.8 Å². The second-order valence-electron chi connectivity index (χ2n) is 5.11. The third kappa shape index (κ3) is 4.70. The lowest BCUT2D eigenvalue weighted by Crippen LogP contribution is -2.38. The zero-order valence-corrected chi connectivity index (χ0v) is 13.1. The second kappa shape index (κ2) is 8.61. The van der Waals surface area contributed by atoms with Gasteiger partial charge >= 0.3 is 0 Å². The highest BCUT2D eigenvalue weighted by molar-refractivity contribution is 5.79. The van der Waals surface area contributed by atoms with Gasteiger partial charge in [-0.3, -0.25) is 0 Å². The van der Waals surface area contributed by atoms with Gasteiger partial charge in [-0.05, 0) is 26.2 Å². The Morgan fingerprint density at radius 3 is 3.05 bits per heavy atom. The summed E-state index contributed by atoms with van der Waals surface area (Å²) in [5.41, 5.74) is 0. The van der Waals surface area contributed by atoms with Gasteiger partial charge in [0.15, 0.2) is 11.8 Å². The van der Waals surface area contributed by atoms with Crippen LogP contribution in [0.1, 0.15) is 37.8 Å². The van der Waals surface area contributed by atoms with Gasteiger partial charge in [0.05, 0.1) is 0 Å². The second-order valence-corrected chi connectivity index (χ2v) is 5.11. The number of methoxy groups -OCH3 is 1. The standard InChI is InChI=1S/C14H26N6O/c1-3-15-14(16-8-6-10-21-2)17-11-13-19-18-12-7-4-5-9-20(12)13/h3-11H2,1-2H3,(H2,15,16,17). The third-order valence-corrected chi connectivity index (χ3v) is 3.48. The van der Waals surface area contributed by atoms with Gasteiger partial charge < -0.3 is 19.9 Å². The Hall–Kier alpha value is -1.63. The van der Waals surface area contributed by atoms with E-state index in [4.69, 9.17) is 4.74 Å². The van der Waals surface area contributed by atoms with Gasteiger partial charge in [-0.2, -0.15) is 0 Å². The molecule has 118 valence electrons. The minimum atomic E-state index is 0.562. The summed E-state index contributed by atoms with van der Waals surface area (Å²) in [6, 6.07) is 0. The van der Waals surface area contributed by atoms with Crippen LogP contribution in [0.15, 0.2) is 4.99 Å². The van der Waals surface area contributed by atoms with E-state index in [-0.39, 0.29) is 0 Å². The highest BCUT2D eigenvalue weighted by Gasteiger charge is 2.15. The zero-order valence-electron chi connectivity index (χ0n) is 13.1. The first-order valence-corrected chi connectivity index (χ1v) is 7.77. The van der Waals surface area contributed by atoms with Crippen LogP contribution in [0.5, 0.6) is 0 Å². The van der Waals surface area contributed by atoms with Crippen molar-refractivity contribution in [2.45, 2.75) is 45.7 Å². The summed E-state index contributed by atoms with van der Waals surface area (Å²) in [6.07, 6.45) is 4.41. The lowest BCUT2D eigenvalue weighted by atomic mass is 10.2. The Bertz CT molecular complexity index is 456. The molecule has 0 fully saturated rings. The number of ether oxygens (including phenoxy) is 1. The first kappa shape index (κ1) is 15.8. The number of fused-ring (bicyclic) bond motifs is 1. The van der Waals surface area contributed by atoms with Crippen LogP contribution in [-0.2, 0) is 24.2 Å². The van der Waals surface area contributed by atoms with Crippen molar-refractivity contribution < 1.29 is 4.74 Å². The normalized spacial score (nSPS) is 14.9. The van der Waals surface area contributed by atoms with Crippen LogP contribution in [0.3, 0.4) is 0 Å². The number of guanidine groups is 1. The van der Waals surface area contributed by atoms with Crippen molar-refractivity contribution in [3.63, 3.8) is 0 Å². The minimum Gasteiger partial charge on any atom is -0.385 e. The molecule has 1 aliphatic rings. The van der Waals surface area contributed by atoms with E-state index in [1.54, 1.807) is 7.11 Å². The summed E-state index contributed by atoms with van der Waals surface area (Å²) in [5, 5.41) is 15.1. The van der Waals surface area contributed by atoms with E-state index in [1.165, 1.54) is 12.8 Å². The molecule has 2 rings (SSSR count). The van der Waals surface area contributed by atoms with Crippen LogP contribution in [-0.4, -0.2) is 47.5 Å². The molecule has 0 bridgehead atoms. The summed E-state index contributed by atoms with van der Waals surface area (Å²) in [4.78, 5) is 4.59. The van der Waals surface area contributed by atoms with Crippen molar-refractivity contribution in [1.82, 2.24) is 25.4 Å². The summed E-state index contributed by atoms with van der Waals surface area (Å²) >= 11 is 0. The molecule has 2 heterocycles. The van der Waals surface area contributed by atoms with E-state index in [0.29, 0.717) is 6.54 Å². The maximum atomic E-state index is 5.04. The molecule has 1 aromatic rings. The van der Waals surface area contributed by atoms with Gasteiger partial charge in [0.2, 0.25) is 0 Å². The number of aromatic nitrogens is 3. The monoisotopic (exact) mass is 294 g/mol. The molecule has 7 nitrogen and oxygen atoms in total. The Kier molecular flexibility index (Phi) is 6.46. The molecule has 2 N–H and O–H groups in total. The number of hydrogen-bond acceptors (Lipinski definition) is 4. The SMILES string of the molecule is CCNC(=NCc1nnc2n1CCCC2)NCCCOC. The van der Waals surface area contributed by atoms with Crippen molar-refractivity contribution in [3.8, 4) is 0 Å². The average molecular weight is 294 g/mol. The molecule has 0 saturated carbocycles. The van der Waals surface area contributed by atoms with Crippen LogP contribution >= 0.6 is 0 Å². The Morgan fingerprint density at radius 2 is 2.24 bits per heavy atom.